The molecular weight excluding hydrogens is 314 g/mol. The second-order valence-electron chi connectivity index (χ2n) is 5.52. The van der Waals surface area contributed by atoms with Gasteiger partial charge in [0.2, 0.25) is 0 Å². The Balaban J connectivity index is 2.53. The lowest BCUT2D eigenvalue weighted by Gasteiger charge is -2.31. The molecule has 0 amide bonds. The number of methoxy groups -OCH3 is 2. The summed E-state index contributed by atoms with van der Waals surface area (Å²) in [6.45, 7) is 4.05. The van der Waals surface area contributed by atoms with E-state index in [1.165, 1.54) is 13.2 Å². The maximum absolute atomic E-state index is 14.1. The van der Waals surface area contributed by atoms with Gasteiger partial charge >= 0.3 is 0 Å². The fourth-order valence-corrected chi connectivity index (χ4v) is 3.96. The molecule has 1 N–H and O–H groups in total. The lowest BCUT2D eigenvalue weighted by Crippen LogP contribution is -2.20. The molecule has 2 aromatic rings. The Kier molecular flexibility index (Phi) is 5.48. The van der Waals surface area contributed by atoms with E-state index in [1.54, 1.807) is 31.4 Å². The number of benzene rings is 2. The van der Waals surface area contributed by atoms with Crippen LogP contribution < -0.4 is 14.8 Å². The third-order valence-corrected chi connectivity index (χ3v) is 5.94. The Labute approximate surface area is 138 Å². The molecule has 124 valence electrons. The minimum Gasteiger partial charge on any atom is -0.504 e. The summed E-state index contributed by atoms with van der Waals surface area (Å²) in [5, 5.41) is 10.8. The summed E-state index contributed by atoms with van der Waals surface area (Å²) < 4.78 is 24.6. The molecule has 0 radical (unpaired) electrons. The van der Waals surface area contributed by atoms with E-state index >= 15 is 0 Å². The van der Waals surface area contributed by atoms with Gasteiger partial charge in [0.05, 0.1) is 14.2 Å². The van der Waals surface area contributed by atoms with Gasteiger partial charge in [0.1, 0.15) is 11.6 Å². The molecule has 0 bridgehead atoms. The van der Waals surface area contributed by atoms with Crippen LogP contribution in [0.15, 0.2) is 36.4 Å². The molecule has 0 spiro atoms. The minimum absolute atomic E-state index is 0.0847. The first-order valence-corrected chi connectivity index (χ1v) is 8.43. The molecule has 23 heavy (non-hydrogen) atoms. The highest BCUT2D eigenvalue weighted by atomic mass is 31.1. The van der Waals surface area contributed by atoms with E-state index in [4.69, 9.17) is 9.47 Å². The van der Waals surface area contributed by atoms with Crippen LogP contribution in [0.5, 0.6) is 17.2 Å². The van der Waals surface area contributed by atoms with Gasteiger partial charge < -0.3 is 14.6 Å². The van der Waals surface area contributed by atoms with E-state index in [0.29, 0.717) is 22.4 Å². The summed E-state index contributed by atoms with van der Waals surface area (Å²) >= 11 is 0. The zero-order valence-electron chi connectivity index (χ0n) is 13.8. The van der Waals surface area contributed by atoms with Crippen molar-refractivity contribution in [2.24, 2.45) is 0 Å². The van der Waals surface area contributed by atoms with Crippen LogP contribution in [0.1, 0.15) is 25.8 Å². The summed E-state index contributed by atoms with van der Waals surface area (Å²) in [5.41, 5.74) is 0.706. The third-order valence-electron chi connectivity index (χ3n) is 4.09. The van der Waals surface area contributed by atoms with Crippen molar-refractivity contribution < 1.29 is 19.0 Å². The van der Waals surface area contributed by atoms with Crippen LogP contribution in [0, 0.1) is 5.82 Å². The van der Waals surface area contributed by atoms with Gasteiger partial charge in [0.15, 0.2) is 11.5 Å². The molecule has 0 saturated heterocycles. The van der Waals surface area contributed by atoms with E-state index in [-0.39, 0.29) is 20.1 Å². The zero-order valence-corrected chi connectivity index (χ0v) is 14.8. The first-order chi connectivity index (χ1) is 10.9. The first-order valence-electron chi connectivity index (χ1n) is 7.43. The summed E-state index contributed by atoms with van der Waals surface area (Å²) in [7, 11) is 3.24. The predicted molar refractivity (Wildman–Crippen MR) is 93.2 cm³/mol. The van der Waals surface area contributed by atoms with Crippen molar-refractivity contribution in [1.82, 2.24) is 0 Å². The predicted octanol–water partition coefficient (Wildman–Crippen LogP) is 4.18. The van der Waals surface area contributed by atoms with Crippen LogP contribution in [0.25, 0.3) is 0 Å². The van der Waals surface area contributed by atoms with Gasteiger partial charge in [0.25, 0.3) is 0 Å². The Bertz CT molecular complexity index is 690. The average Bonchev–Trinajstić information content (AvgIpc) is 2.57. The highest BCUT2D eigenvalue weighted by Gasteiger charge is 2.31. The van der Waals surface area contributed by atoms with Gasteiger partial charge in [-0.1, -0.05) is 40.6 Å². The third kappa shape index (κ3) is 3.59. The molecule has 2 atom stereocenters. The normalized spacial score (nSPS) is 14.0. The van der Waals surface area contributed by atoms with Crippen molar-refractivity contribution in [2.45, 2.75) is 25.4 Å². The molecule has 0 aromatic heterocycles. The minimum atomic E-state index is -0.423. The molecule has 0 saturated carbocycles. The van der Waals surface area contributed by atoms with Crippen molar-refractivity contribution in [1.29, 1.82) is 0 Å². The van der Waals surface area contributed by atoms with Crippen LogP contribution in [0.2, 0.25) is 0 Å². The van der Waals surface area contributed by atoms with Crippen molar-refractivity contribution in [3.05, 3.63) is 47.8 Å². The number of phenols is 1. The number of hydrogen-bond acceptors (Lipinski definition) is 3. The quantitative estimate of drug-likeness (QED) is 0.805. The number of phenolic OH excluding ortho intramolecular Hbond substituents is 1. The highest BCUT2D eigenvalue weighted by Crippen LogP contribution is 2.50. The van der Waals surface area contributed by atoms with E-state index in [9.17, 15) is 9.50 Å². The van der Waals surface area contributed by atoms with E-state index < -0.39 is 5.16 Å². The standard InChI is InChI=1S/C18H22FO3P/c1-5-18(2,23-16-9-7-6-8-14(16)19)13-10-12(21-3)11-15(22-4)17(13)20/h6-11,20,23H,5H2,1-4H3. The molecule has 2 unspecified atom stereocenters. The van der Waals surface area contributed by atoms with Crippen molar-refractivity contribution in [3.8, 4) is 17.2 Å². The molecule has 5 heteroatoms. The maximum atomic E-state index is 14.1. The summed E-state index contributed by atoms with van der Waals surface area (Å²) in [4.78, 5) is 0. The Hall–Kier alpha value is -1.80. The van der Waals surface area contributed by atoms with Crippen molar-refractivity contribution in [3.63, 3.8) is 0 Å². The summed E-state index contributed by atoms with van der Waals surface area (Å²) in [5.74, 6) is 0.825. The van der Waals surface area contributed by atoms with Gasteiger partial charge in [-0.25, -0.2) is 4.39 Å². The van der Waals surface area contributed by atoms with Gasteiger partial charge in [-0.15, -0.1) is 0 Å². The molecule has 2 rings (SSSR count). The van der Waals surface area contributed by atoms with E-state index in [2.05, 4.69) is 0 Å². The Morgan fingerprint density at radius 3 is 2.43 bits per heavy atom. The van der Waals surface area contributed by atoms with Gasteiger partial charge in [-0.2, -0.15) is 0 Å². The maximum Gasteiger partial charge on any atom is 0.164 e. The topological polar surface area (TPSA) is 38.7 Å². The molecular formula is C18H22FO3P. The van der Waals surface area contributed by atoms with Crippen molar-refractivity contribution in [2.75, 3.05) is 14.2 Å². The molecule has 0 aliphatic rings. The second kappa shape index (κ2) is 7.18. The Morgan fingerprint density at radius 2 is 1.87 bits per heavy atom. The lowest BCUT2D eigenvalue weighted by atomic mass is 9.95. The molecule has 0 aliphatic heterocycles. The smallest absolute Gasteiger partial charge is 0.164 e. The van der Waals surface area contributed by atoms with Gasteiger partial charge in [-0.05, 0) is 18.6 Å². The second-order valence-corrected chi connectivity index (χ2v) is 7.41. The summed E-state index contributed by atoms with van der Waals surface area (Å²) in [6, 6.07) is 10.2. The number of halogens is 1. The molecule has 0 heterocycles. The fourth-order valence-electron chi connectivity index (χ4n) is 2.48. The zero-order chi connectivity index (χ0) is 17.0. The molecule has 3 nitrogen and oxygen atoms in total. The number of hydrogen-bond donors (Lipinski definition) is 1. The van der Waals surface area contributed by atoms with Crippen molar-refractivity contribution >= 4 is 13.9 Å². The molecule has 0 fully saturated rings. The average molecular weight is 336 g/mol. The SMILES string of the molecule is CCC(C)(Pc1ccccc1F)c1cc(OC)cc(OC)c1O. The van der Waals surface area contributed by atoms with Crippen LogP contribution >= 0.6 is 8.58 Å². The summed E-state index contributed by atoms with van der Waals surface area (Å²) in [6.07, 6.45) is 0.740. The van der Waals surface area contributed by atoms with Crippen LogP contribution in [-0.2, 0) is 5.16 Å². The molecule has 0 aliphatic carbocycles. The van der Waals surface area contributed by atoms with Crippen LogP contribution in [-0.4, -0.2) is 19.3 Å². The first kappa shape index (κ1) is 17.6. The number of rotatable bonds is 6. The van der Waals surface area contributed by atoms with E-state index in [1.807, 2.05) is 19.9 Å². The van der Waals surface area contributed by atoms with Crippen LogP contribution in [0.3, 0.4) is 0 Å². The fraction of sp³-hybridized carbons (Fsp3) is 0.333. The van der Waals surface area contributed by atoms with Gasteiger partial charge in [0, 0.05) is 22.1 Å². The number of aromatic hydroxyl groups is 1. The highest BCUT2D eigenvalue weighted by molar-refractivity contribution is 7.48. The monoisotopic (exact) mass is 336 g/mol. The lowest BCUT2D eigenvalue weighted by molar-refractivity contribution is 0.357. The number of ether oxygens (including phenoxy) is 2. The van der Waals surface area contributed by atoms with Crippen LogP contribution in [0.4, 0.5) is 4.39 Å². The molecule has 2 aromatic carbocycles. The largest absolute Gasteiger partial charge is 0.504 e. The van der Waals surface area contributed by atoms with Gasteiger partial charge in [-0.3, -0.25) is 0 Å². The van der Waals surface area contributed by atoms with E-state index in [0.717, 1.165) is 6.42 Å². The Morgan fingerprint density at radius 1 is 1.17 bits per heavy atom.